The zero-order valence-electron chi connectivity index (χ0n) is 15.4. The molecule has 3 rings (SSSR count). The van der Waals surface area contributed by atoms with Crippen LogP contribution in [0.2, 0.25) is 0 Å². The van der Waals surface area contributed by atoms with Crippen molar-refractivity contribution in [3.8, 4) is 0 Å². The molecule has 1 fully saturated rings. The van der Waals surface area contributed by atoms with Crippen LogP contribution in [0.25, 0.3) is 0 Å². The van der Waals surface area contributed by atoms with E-state index in [1.807, 2.05) is 6.07 Å². The van der Waals surface area contributed by atoms with Gasteiger partial charge in [-0.05, 0) is 30.0 Å². The maximum Gasteiger partial charge on any atom is 0.225 e. The molecule has 2 aromatic rings. The predicted octanol–water partition coefficient (Wildman–Crippen LogP) is 3.45. The molecule has 0 radical (unpaired) electrons. The minimum absolute atomic E-state index is 0.206. The molecule has 1 saturated heterocycles. The molecule has 0 N–H and O–H groups in total. The Labute approximate surface area is 155 Å². The third-order valence-corrected chi connectivity index (χ3v) is 4.98. The SMILES string of the molecule is CCCC(N=O)c1ccc(CCN2CCN(c3ncccn3)CC2)cc1. The van der Waals surface area contributed by atoms with Crippen molar-refractivity contribution in [3.05, 3.63) is 58.8 Å². The van der Waals surface area contributed by atoms with E-state index >= 15 is 0 Å². The molecule has 1 aromatic heterocycles. The quantitative estimate of drug-likeness (QED) is 0.680. The summed E-state index contributed by atoms with van der Waals surface area (Å²) in [6.07, 6.45) is 6.40. The minimum atomic E-state index is -0.206. The maximum absolute atomic E-state index is 11.0. The fourth-order valence-electron chi connectivity index (χ4n) is 3.37. The van der Waals surface area contributed by atoms with Crippen LogP contribution >= 0.6 is 0 Å². The molecular weight excluding hydrogens is 326 g/mol. The van der Waals surface area contributed by atoms with Crippen LogP contribution in [0.4, 0.5) is 5.95 Å². The van der Waals surface area contributed by atoms with Crippen LogP contribution in [0, 0.1) is 4.91 Å². The topological polar surface area (TPSA) is 61.7 Å². The van der Waals surface area contributed by atoms with E-state index in [0.717, 1.165) is 63.5 Å². The van der Waals surface area contributed by atoms with Crippen LogP contribution < -0.4 is 4.90 Å². The van der Waals surface area contributed by atoms with Crippen LogP contribution in [0.15, 0.2) is 47.9 Å². The van der Waals surface area contributed by atoms with Gasteiger partial charge in [-0.2, -0.15) is 4.91 Å². The van der Waals surface area contributed by atoms with Crippen molar-refractivity contribution in [3.63, 3.8) is 0 Å². The first-order valence-corrected chi connectivity index (χ1v) is 9.45. The second-order valence-electron chi connectivity index (χ2n) is 6.78. The Morgan fingerprint density at radius 3 is 2.38 bits per heavy atom. The number of aromatic nitrogens is 2. The van der Waals surface area contributed by atoms with Gasteiger partial charge in [-0.25, -0.2) is 9.97 Å². The van der Waals surface area contributed by atoms with Crippen molar-refractivity contribution in [2.45, 2.75) is 32.2 Å². The summed E-state index contributed by atoms with van der Waals surface area (Å²) in [5, 5.41) is 3.26. The smallest absolute Gasteiger partial charge is 0.225 e. The molecule has 0 amide bonds. The number of hydrogen-bond donors (Lipinski definition) is 0. The molecule has 138 valence electrons. The zero-order valence-corrected chi connectivity index (χ0v) is 15.4. The first-order chi connectivity index (χ1) is 12.8. The average molecular weight is 353 g/mol. The zero-order chi connectivity index (χ0) is 18.2. The number of rotatable bonds is 8. The van der Waals surface area contributed by atoms with Crippen molar-refractivity contribution in [1.29, 1.82) is 0 Å². The van der Waals surface area contributed by atoms with Gasteiger partial charge in [0.15, 0.2) is 0 Å². The van der Waals surface area contributed by atoms with Crippen LogP contribution in [0.5, 0.6) is 0 Å². The van der Waals surface area contributed by atoms with Crippen molar-refractivity contribution < 1.29 is 0 Å². The van der Waals surface area contributed by atoms with Gasteiger partial charge < -0.3 is 4.90 Å². The monoisotopic (exact) mass is 353 g/mol. The van der Waals surface area contributed by atoms with E-state index in [1.165, 1.54) is 5.56 Å². The summed E-state index contributed by atoms with van der Waals surface area (Å²) >= 11 is 0. The average Bonchev–Trinajstić information content (AvgIpc) is 2.72. The Morgan fingerprint density at radius 1 is 1.08 bits per heavy atom. The van der Waals surface area contributed by atoms with Gasteiger partial charge in [0.2, 0.25) is 5.95 Å². The van der Waals surface area contributed by atoms with Gasteiger partial charge in [0.25, 0.3) is 0 Å². The normalized spacial score (nSPS) is 16.4. The standard InChI is InChI=1S/C20H27N5O/c1-2-4-19(23-26)18-7-5-17(6-8-18)9-12-24-13-15-25(16-14-24)20-21-10-3-11-22-20/h3,5-8,10-11,19H,2,4,9,12-16H2,1H3. The lowest BCUT2D eigenvalue weighted by Crippen LogP contribution is -2.47. The Hall–Kier alpha value is -2.34. The summed E-state index contributed by atoms with van der Waals surface area (Å²) in [6, 6.07) is 10.0. The first kappa shape index (κ1) is 18.5. The number of piperazine rings is 1. The van der Waals surface area contributed by atoms with Crippen molar-refractivity contribution >= 4 is 5.95 Å². The number of benzene rings is 1. The molecular formula is C20H27N5O. The third kappa shape index (κ3) is 4.85. The lowest BCUT2D eigenvalue weighted by atomic mass is 10.0. The predicted molar refractivity (Wildman–Crippen MR) is 104 cm³/mol. The largest absolute Gasteiger partial charge is 0.338 e. The second kappa shape index (κ2) is 9.38. The molecule has 0 saturated carbocycles. The van der Waals surface area contributed by atoms with E-state index < -0.39 is 0 Å². The number of anilines is 1. The van der Waals surface area contributed by atoms with E-state index in [9.17, 15) is 4.91 Å². The van der Waals surface area contributed by atoms with E-state index in [4.69, 9.17) is 0 Å². The van der Waals surface area contributed by atoms with E-state index in [-0.39, 0.29) is 6.04 Å². The van der Waals surface area contributed by atoms with Crippen LogP contribution in [-0.4, -0.2) is 47.6 Å². The number of hydrogen-bond acceptors (Lipinski definition) is 6. The van der Waals surface area contributed by atoms with Gasteiger partial charge >= 0.3 is 0 Å². The molecule has 0 bridgehead atoms. The molecule has 1 aliphatic heterocycles. The molecule has 1 atom stereocenters. The highest BCUT2D eigenvalue weighted by atomic mass is 16.3. The van der Waals surface area contributed by atoms with Crippen molar-refractivity contribution in [2.75, 3.05) is 37.6 Å². The van der Waals surface area contributed by atoms with Gasteiger partial charge in [0.1, 0.15) is 6.04 Å². The number of nitroso groups, excluding NO2 is 1. The van der Waals surface area contributed by atoms with Gasteiger partial charge in [-0.1, -0.05) is 42.8 Å². The Balaban J connectivity index is 1.46. The molecule has 1 aromatic carbocycles. The Kier molecular flexibility index (Phi) is 6.66. The van der Waals surface area contributed by atoms with Crippen LogP contribution in [0.1, 0.15) is 36.9 Å². The van der Waals surface area contributed by atoms with Crippen LogP contribution in [-0.2, 0) is 6.42 Å². The molecule has 0 aliphatic carbocycles. The number of nitrogens with zero attached hydrogens (tertiary/aromatic N) is 5. The summed E-state index contributed by atoms with van der Waals surface area (Å²) in [4.78, 5) is 24.4. The lowest BCUT2D eigenvalue weighted by molar-refractivity contribution is 0.260. The van der Waals surface area contributed by atoms with E-state index in [2.05, 4.69) is 56.1 Å². The Bertz CT molecular complexity index is 668. The molecule has 6 nitrogen and oxygen atoms in total. The minimum Gasteiger partial charge on any atom is -0.338 e. The third-order valence-electron chi connectivity index (χ3n) is 4.98. The van der Waals surface area contributed by atoms with E-state index in [0.29, 0.717) is 0 Å². The maximum atomic E-state index is 11.0. The lowest BCUT2D eigenvalue weighted by Gasteiger charge is -2.34. The van der Waals surface area contributed by atoms with Gasteiger partial charge in [-0.3, -0.25) is 4.90 Å². The van der Waals surface area contributed by atoms with Gasteiger partial charge in [0, 0.05) is 45.1 Å². The van der Waals surface area contributed by atoms with Crippen molar-refractivity contribution in [1.82, 2.24) is 14.9 Å². The Morgan fingerprint density at radius 2 is 1.77 bits per heavy atom. The highest BCUT2D eigenvalue weighted by molar-refractivity contribution is 5.29. The van der Waals surface area contributed by atoms with Crippen molar-refractivity contribution in [2.24, 2.45) is 5.18 Å². The molecule has 6 heteroatoms. The molecule has 26 heavy (non-hydrogen) atoms. The highest BCUT2D eigenvalue weighted by Crippen LogP contribution is 2.23. The fourth-order valence-corrected chi connectivity index (χ4v) is 3.37. The molecule has 2 heterocycles. The summed E-state index contributed by atoms with van der Waals surface area (Å²) < 4.78 is 0. The molecule has 1 unspecified atom stereocenters. The van der Waals surface area contributed by atoms with Crippen LogP contribution in [0.3, 0.4) is 0 Å². The van der Waals surface area contributed by atoms with Gasteiger partial charge in [0.05, 0.1) is 0 Å². The summed E-state index contributed by atoms with van der Waals surface area (Å²) in [7, 11) is 0. The fraction of sp³-hybridized carbons (Fsp3) is 0.500. The van der Waals surface area contributed by atoms with E-state index in [1.54, 1.807) is 12.4 Å². The summed E-state index contributed by atoms with van der Waals surface area (Å²) in [6.45, 7) is 7.12. The van der Waals surface area contributed by atoms with Gasteiger partial charge in [-0.15, -0.1) is 0 Å². The molecule has 0 spiro atoms. The highest BCUT2D eigenvalue weighted by Gasteiger charge is 2.18. The second-order valence-corrected chi connectivity index (χ2v) is 6.78. The molecule has 1 aliphatic rings. The first-order valence-electron chi connectivity index (χ1n) is 9.45. The summed E-state index contributed by atoms with van der Waals surface area (Å²) in [5.41, 5.74) is 2.34. The summed E-state index contributed by atoms with van der Waals surface area (Å²) in [5.74, 6) is 0.827.